The van der Waals surface area contributed by atoms with E-state index in [1.54, 1.807) is 29.2 Å². The van der Waals surface area contributed by atoms with Gasteiger partial charge in [-0.1, -0.05) is 62.6 Å². The first-order chi connectivity index (χ1) is 18.3. The second-order valence-corrected chi connectivity index (χ2v) is 9.92. The van der Waals surface area contributed by atoms with Crippen LogP contribution in [0.25, 0.3) is 5.76 Å². The Hall–Kier alpha value is -3.32. The van der Waals surface area contributed by atoms with Crippen LogP contribution >= 0.6 is 0 Å². The molecule has 7 heteroatoms. The van der Waals surface area contributed by atoms with Gasteiger partial charge in [0.05, 0.1) is 18.2 Å². The molecule has 1 heterocycles. The first kappa shape index (κ1) is 29.2. The fourth-order valence-corrected chi connectivity index (χ4v) is 4.86. The van der Waals surface area contributed by atoms with E-state index in [1.807, 2.05) is 26.0 Å². The highest BCUT2D eigenvalue weighted by molar-refractivity contribution is 6.46. The van der Waals surface area contributed by atoms with Crippen LogP contribution in [0, 0.1) is 6.92 Å². The number of aliphatic hydroxyl groups excluding tert-OH is 1. The van der Waals surface area contributed by atoms with Gasteiger partial charge in [0.15, 0.2) is 11.5 Å². The number of hydrogen-bond donors (Lipinski definition) is 2. The van der Waals surface area contributed by atoms with Crippen molar-refractivity contribution < 1.29 is 24.5 Å². The summed E-state index contributed by atoms with van der Waals surface area (Å²) in [6.45, 7) is 11.7. The quantitative estimate of drug-likeness (QED) is 0.185. The van der Waals surface area contributed by atoms with Gasteiger partial charge in [-0.2, -0.15) is 0 Å². The third kappa shape index (κ3) is 6.95. The van der Waals surface area contributed by atoms with Crippen LogP contribution in [0.1, 0.15) is 75.6 Å². The Morgan fingerprint density at radius 3 is 2.18 bits per heavy atom. The number of ketones is 1. The Kier molecular flexibility index (Phi) is 10.8. The van der Waals surface area contributed by atoms with Gasteiger partial charge in [0.2, 0.25) is 0 Å². The monoisotopic (exact) mass is 522 g/mol. The Labute approximate surface area is 226 Å². The van der Waals surface area contributed by atoms with E-state index in [4.69, 9.17) is 4.74 Å². The summed E-state index contributed by atoms with van der Waals surface area (Å²) in [5, 5.41) is 21.5. The number of aryl methyl sites for hydroxylation is 1. The minimum atomic E-state index is -0.782. The number of aromatic hydroxyl groups is 1. The number of nitrogens with zero attached hydrogens (tertiary/aromatic N) is 2. The van der Waals surface area contributed by atoms with E-state index < -0.39 is 17.7 Å². The predicted molar refractivity (Wildman–Crippen MR) is 150 cm³/mol. The van der Waals surface area contributed by atoms with Crippen molar-refractivity contribution in [3.8, 4) is 11.5 Å². The number of phenolic OH excluding ortho intramolecular Hbond substituents is 1. The minimum absolute atomic E-state index is 0.0198. The largest absolute Gasteiger partial charge is 0.507 e. The van der Waals surface area contributed by atoms with Crippen molar-refractivity contribution in [3.63, 3.8) is 0 Å². The molecule has 1 fully saturated rings. The first-order valence-electron chi connectivity index (χ1n) is 13.9. The van der Waals surface area contributed by atoms with Gasteiger partial charge in [-0.3, -0.25) is 9.59 Å². The molecule has 1 atom stereocenters. The van der Waals surface area contributed by atoms with E-state index in [-0.39, 0.29) is 22.8 Å². The average molecular weight is 523 g/mol. The van der Waals surface area contributed by atoms with E-state index >= 15 is 0 Å². The molecule has 0 aromatic heterocycles. The number of likely N-dealkylation sites (tertiary alicyclic amines) is 1. The fraction of sp³-hybridized carbons (Fsp3) is 0.484. The normalized spacial score (nSPS) is 17.0. The standard InChI is InChI=1S/C31H42N2O5/c1-5-8-17-32(18-9-6-2)19-10-20-33-28(24-15-16-25(34)26(21-24)38-7-3)27(30(36)31(33)37)29(35)23-13-11-22(4)12-14-23/h11-16,21,28,34-35H,5-10,17-20H2,1-4H3. The summed E-state index contributed by atoms with van der Waals surface area (Å²) in [7, 11) is 0. The zero-order chi connectivity index (χ0) is 27.7. The molecule has 0 saturated carbocycles. The Morgan fingerprint density at radius 1 is 0.947 bits per heavy atom. The number of carbonyl (C=O) groups excluding carboxylic acids is 2. The van der Waals surface area contributed by atoms with Gasteiger partial charge < -0.3 is 24.7 Å². The number of benzene rings is 2. The lowest BCUT2D eigenvalue weighted by Crippen LogP contribution is -2.34. The number of Topliss-reactive ketones (excluding diaryl/α,β-unsaturated/α-hetero) is 1. The summed E-state index contributed by atoms with van der Waals surface area (Å²) in [5.74, 6) is -1.27. The molecule has 2 aromatic rings. The third-order valence-corrected chi connectivity index (χ3v) is 6.99. The van der Waals surface area contributed by atoms with Crippen molar-refractivity contribution in [2.24, 2.45) is 0 Å². The van der Waals surface area contributed by atoms with Gasteiger partial charge in [-0.15, -0.1) is 0 Å². The van der Waals surface area contributed by atoms with Crippen LogP contribution in [0.15, 0.2) is 48.0 Å². The maximum atomic E-state index is 13.3. The van der Waals surface area contributed by atoms with Crippen LogP contribution in [0.3, 0.4) is 0 Å². The van der Waals surface area contributed by atoms with Crippen molar-refractivity contribution in [2.75, 3.05) is 32.8 Å². The summed E-state index contributed by atoms with van der Waals surface area (Å²) in [4.78, 5) is 30.6. The Morgan fingerprint density at radius 2 is 1.58 bits per heavy atom. The number of rotatable bonds is 14. The molecule has 3 rings (SSSR count). The summed E-state index contributed by atoms with van der Waals surface area (Å²) in [6.07, 6.45) is 5.20. The topological polar surface area (TPSA) is 90.3 Å². The summed E-state index contributed by atoms with van der Waals surface area (Å²) >= 11 is 0. The van der Waals surface area contributed by atoms with Gasteiger partial charge in [0.1, 0.15) is 5.76 Å². The number of aliphatic hydroxyl groups is 1. The van der Waals surface area contributed by atoms with Gasteiger partial charge in [-0.25, -0.2) is 0 Å². The molecule has 0 radical (unpaired) electrons. The first-order valence-corrected chi connectivity index (χ1v) is 13.9. The van der Waals surface area contributed by atoms with Crippen molar-refractivity contribution >= 4 is 17.4 Å². The highest BCUT2D eigenvalue weighted by Crippen LogP contribution is 2.41. The lowest BCUT2D eigenvalue weighted by molar-refractivity contribution is -0.140. The molecule has 38 heavy (non-hydrogen) atoms. The van der Waals surface area contributed by atoms with E-state index in [9.17, 15) is 19.8 Å². The summed E-state index contributed by atoms with van der Waals surface area (Å²) < 4.78 is 5.58. The average Bonchev–Trinajstić information content (AvgIpc) is 3.16. The van der Waals surface area contributed by atoms with Crippen molar-refractivity contribution in [1.82, 2.24) is 9.80 Å². The highest BCUT2D eigenvalue weighted by Gasteiger charge is 2.46. The van der Waals surface area contributed by atoms with Gasteiger partial charge in [-0.05, 0) is 70.4 Å². The zero-order valence-electron chi connectivity index (χ0n) is 23.2. The molecule has 2 aromatic carbocycles. The van der Waals surface area contributed by atoms with E-state index in [1.165, 1.54) is 6.07 Å². The molecule has 1 saturated heterocycles. The van der Waals surface area contributed by atoms with Crippen LogP contribution in [0.5, 0.6) is 11.5 Å². The molecular weight excluding hydrogens is 480 g/mol. The number of ether oxygens (including phenoxy) is 1. The maximum absolute atomic E-state index is 13.3. The molecule has 0 spiro atoms. The lowest BCUT2D eigenvalue weighted by atomic mass is 9.94. The minimum Gasteiger partial charge on any atom is -0.507 e. The van der Waals surface area contributed by atoms with Crippen LogP contribution in [0.4, 0.5) is 0 Å². The lowest BCUT2D eigenvalue weighted by Gasteiger charge is -2.28. The van der Waals surface area contributed by atoms with E-state index in [0.717, 1.165) is 50.9 Å². The fourth-order valence-electron chi connectivity index (χ4n) is 4.86. The number of amides is 1. The number of carbonyl (C=O) groups is 2. The van der Waals surface area contributed by atoms with E-state index in [0.29, 0.717) is 30.7 Å². The van der Waals surface area contributed by atoms with Crippen LogP contribution in [0.2, 0.25) is 0 Å². The number of phenols is 1. The maximum Gasteiger partial charge on any atom is 0.295 e. The second kappa shape index (κ2) is 14.0. The van der Waals surface area contributed by atoms with Crippen molar-refractivity contribution in [1.29, 1.82) is 0 Å². The van der Waals surface area contributed by atoms with E-state index in [2.05, 4.69) is 18.7 Å². The SMILES string of the molecule is CCCCN(CCCC)CCCN1C(=O)C(=O)C(=C(O)c2ccc(C)cc2)C1c1ccc(O)c(OCC)c1. The van der Waals surface area contributed by atoms with Gasteiger partial charge in [0.25, 0.3) is 11.7 Å². The molecule has 0 bridgehead atoms. The molecule has 1 amide bonds. The Balaban J connectivity index is 1.98. The molecule has 206 valence electrons. The summed E-state index contributed by atoms with van der Waals surface area (Å²) in [6, 6.07) is 11.3. The smallest absolute Gasteiger partial charge is 0.295 e. The van der Waals surface area contributed by atoms with Crippen LogP contribution in [-0.4, -0.2) is 64.5 Å². The van der Waals surface area contributed by atoms with Crippen LogP contribution < -0.4 is 4.74 Å². The third-order valence-electron chi connectivity index (χ3n) is 6.99. The molecule has 1 aliphatic rings. The second-order valence-electron chi connectivity index (χ2n) is 9.92. The molecule has 0 aliphatic carbocycles. The molecule has 1 aliphatic heterocycles. The molecular formula is C31H42N2O5. The highest BCUT2D eigenvalue weighted by atomic mass is 16.5. The summed E-state index contributed by atoms with van der Waals surface area (Å²) in [5.41, 5.74) is 2.16. The Bertz CT molecular complexity index is 1120. The van der Waals surface area contributed by atoms with Crippen molar-refractivity contribution in [2.45, 2.75) is 65.8 Å². The molecule has 1 unspecified atom stereocenters. The molecule has 2 N–H and O–H groups in total. The zero-order valence-corrected chi connectivity index (χ0v) is 23.2. The predicted octanol–water partition coefficient (Wildman–Crippen LogP) is 5.81. The van der Waals surface area contributed by atoms with Gasteiger partial charge >= 0.3 is 0 Å². The number of unbranched alkanes of at least 4 members (excludes halogenated alkanes) is 2. The van der Waals surface area contributed by atoms with Crippen LogP contribution in [-0.2, 0) is 9.59 Å². The van der Waals surface area contributed by atoms with Gasteiger partial charge in [0, 0.05) is 12.1 Å². The number of hydrogen-bond acceptors (Lipinski definition) is 6. The van der Waals surface area contributed by atoms with Crippen molar-refractivity contribution in [3.05, 3.63) is 64.7 Å². The molecule has 7 nitrogen and oxygen atoms in total.